The summed E-state index contributed by atoms with van der Waals surface area (Å²) in [4.78, 5) is 0. The van der Waals surface area contributed by atoms with E-state index < -0.39 is 6.10 Å². The zero-order valence-electron chi connectivity index (χ0n) is 10.2. The molecule has 0 aliphatic heterocycles. The molecule has 1 aromatic heterocycles. The Bertz CT molecular complexity index is 520. The smallest absolute Gasteiger partial charge is 0.119 e. The number of aryl methyl sites for hydroxylation is 2. The van der Waals surface area contributed by atoms with Crippen LogP contribution in [0.4, 0.5) is 0 Å². The molecular weight excluding hydrogens is 216 g/mol. The molecule has 0 aliphatic carbocycles. The predicted octanol–water partition coefficient (Wildman–Crippen LogP) is 1.82. The molecule has 0 saturated heterocycles. The summed E-state index contributed by atoms with van der Waals surface area (Å²) in [6.45, 7) is 1.96. The molecule has 0 aliphatic rings. The number of nitrogens with zero attached hydrogens (tertiary/aromatic N) is 2. The fraction of sp³-hybridized carbons (Fsp3) is 0.308. The monoisotopic (exact) mass is 232 g/mol. The summed E-state index contributed by atoms with van der Waals surface area (Å²) in [6, 6.07) is 5.64. The van der Waals surface area contributed by atoms with Crippen LogP contribution >= 0.6 is 0 Å². The quantitative estimate of drug-likeness (QED) is 0.878. The van der Waals surface area contributed by atoms with Gasteiger partial charge in [0.05, 0.1) is 13.3 Å². The fourth-order valence-corrected chi connectivity index (χ4v) is 1.84. The topological polar surface area (TPSA) is 47.3 Å². The Morgan fingerprint density at radius 1 is 1.41 bits per heavy atom. The molecule has 0 spiro atoms. The minimum absolute atomic E-state index is 0.644. The van der Waals surface area contributed by atoms with Crippen molar-refractivity contribution in [2.24, 2.45) is 7.05 Å². The Labute approximate surface area is 100 Å². The first-order chi connectivity index (χ1) is 8.11. The molecule has 17 heavy (non-hydrogen) atoms. The van der Waals surface area contributed by atoms with Crippen LogP contribution in [-0.2, 0) is 7.05 Å². The minimum atomic E-state index is -0.644. The number of hydrogen-bond acceptors (Lipinski definition) is 3. The van der Waals surface area contributed by atoms with Gasteiger partial charge in [-0.15, -0.1) is 0 Å². The lowest BCUT2D eigenvalue weighted by molar-refractivity contribution is 0.219. The highest BCUT2D eigenvalue weighted by Gasteiger charge is 2.14. The molecule has 1 atom stereocenters. The molecule has 1 aromatic carbocycles. The molecule has 4 nitrogen and oxygen atoms in total. The van der Waals surface area contributed by atoms with Gasteiger partial charge in [-0.1, -0.05) is 6.07 Å². The number of ether oxygens (including phenoxy) is 1. The zero-order valence-corrected chi connectivity index (χ0v) is 10.2. The second-order valence-corrected chi connectivity index (χ2v) is 4.07. The molecule has 2 rings (SSSR count). The first kappa shape index (κ1) is 11.7. The van der Waals surface area contributed by atoms with Crippen LogP contribution in [0.2, 0.25) is 0 Å². The lowest BCUT2D eigenvalue weighted by Gasteiger charge is -2.13. The van der Waals surface area contributed by atoms with Gasteiger partial charge in [0.1, 0.15) is 11.9 Å². The van der Waals surface area contributed by atoms with E-state index in [0.717, 1.165) is 22.4 Å². The lowest BCUT2D eigenvalue weighted by Crippen LogP contribution is -2.01. The molecule has 0 saturated carbocycles. The van der Waals surface area contributed by atoms with Crippen LogP contribution in [-0.4, -0.2) is 22.0 Å². The van der Waals surface area contributed by atoms with Crippen molar-refractivity contribution >= 4 is 0 Å². The number of methoxy groups -OCH3 is 1. The first-order valence-electron chi connectivity index (χ1n) is 5.43. The molecule has 4 heteroatoms. The maximum atomic E-state index is 10.3. The van der Waals surface area contributed by atoms with Crippen molar-refractivity contribution in [3.8, 4) is 5.75 Å². The number of aromatic nitrogens is 2. The molecule has 90 valence electrons. The van der Waals surface area contributed by atoms with E-state index in [1.54, 1.807) is 18.0 Å². The molecule has 0 radical (unpaired) electrons. The molecule has 1 heterocycles. The summed E-state index contributed by atoms with van der Waals surface area (Å²) >= 11 is 0. The van der Waals surface area contributed by atoms with E-state index in [-0.39, 0.29) is 0 Å². The van der Waals surface area contributed by atoms with Gasteiger partial charge in [0.2, 0.25) is 0 Å². The van der Waals surface area contributed by atoms with Crippen molar-refractivity contribution in [1.82, 2.24) is 9.78 Å². The van der Waals surface area contributed by atoms with E-state index in [0.29, 0.717) is 0 Å². The van der Waals surface area contributed by atoms with Crippen molar-refractivity contribution in [3.63, 3.8) is 0 Å². The molecule has 0 amide bonds. The third kappa shape index (κ3) is 2.31. The van der Waals surface area contributed by atoms with E-state index in [4.69, 9.17) is 4.74 Å². The molecule has 1 N–H and O–H groups in total. The molecule has 0 fully saturated rings. The number of rotatable bonds is 3. The van der Waals surface area contributed by atoms with Crippen LogP contribution in [0.3, 0.4) is 0 Å². The van der Waals surface area contributed by atoms with Crippen LogP contribution in [0.15, 0.2) is 30.6 Å². The predicted molar refractivity (Wildman–Crippen MR) is 65.0 cm³/mol. The van der Waals surface area contributed by atoms with Crippen molar-refractivity contribution in [1.29, 1.82) is 0 Å². The van der Waals surface area contributed by atoms with E-state index in [9.17, 15) is 5.11 Å². The standard InChI is InChI=1S/C13H16N2O2/c1-9-6-11(17-3)4-5-12(9)13(16)10-7-14-15(2)8-10/h4-8,13,16H,1-3H3. The number of hydrogen-bond donors (Lipinski definition) is 1. The molecule has 0 bridgehead atoms. The summed E-state index contributed by atoms with van der Waals surface area (Å²) in [6.07, 6.45) is 2.84. The van der Waals surface area contributed by atoms with Crippen molar-refractivity contribution < 1.29 is 9.84 Å². The summed E-state index contributed by atoms with van der Waals surface area (Å²) in [5.41, 5.74) is 2.67. The van der Waals surface area contributed by atoms with E-state index in [1.165, 1.54) is 0 Å². The summed E-state index contributed by atoms with van der Waals surface area (Å²) < 4.78 is 6.82. The Balaban J connectivity index is 2.34. The van der Waals surface area contributed by atoms with Gasteiger partial charge in [-0.2, -0.15) is 5.10 Å². The maximum absolute atomic E-state index is 10.3. The third-order valence-corrected chi connectivity index (χ3v) is 2.81. The summed E-state index contributed by atoms with van der Waals surface area (Å²) in [5.74, 6) is 0.796. The highest BCUT2D eigenvalue weighted by Crippen LogP contribution is 2.26. The van der Waals surface area contributed by atoms with Crippen LogP contribution in [0.1, 0.15) is 22.8 Å². The van der Waals surface area contributed by atoms with Crippen LogP contribution in [0.5, 0.6) is 5.75 Å². The van der Waals surface area contributed by atoms with Gasteiger partial charge < -0.3 is 9.84 Å². The number of benzene rings is 1. The largest absolute Gasteiger partial charge is 0.497 e. The Hall–Kier alpha value is -1.81. The Kier molecular flexibility index (Phi) is 3.15. The molecular formula is C13H16N2O2. The SMILES string of the molecule is COc1ccc(C(O)c2cnn(C)c2)c(C)c1. The van der Waals surface area contributed by atoms with Gasteiger partial charge >= 0.3 is 0 Å². The van der Waals surface area contributed by atoms with Crippen LogP contribution in [0, 0.1) is 6.92 Å². The van der Waals surface area contributed by atoms with Gasteiger partial charge in [-0.05, 0) is 30.2 Å². The highest BCUT2D eigenvalue weighted by molar-refractivity contribution is 5.39. The lowest BCUT2D eigenvalue weighted by atomic mass is 9.99. The van der Waals surface area contributed by atoms with Gasteiger partial charge in [0.15, 0.2) is 0 Å². The third-order valence-electron chi connectivity index (χ3n) is 2.81. The average Bonchev–Trinajstić information content (AvgIpc) is 2.75. The second-order valence-electron chi connectivity index (χ2n) is 4.07. The van der Waals surface area contributed by atoms with Crippen LogP contribution in [0.25, 0.3) is 0 Å². The summed E-state index contributed by atoms with van der Waals surface area (Å²) in [5, 5.41) is 14.3. The van der Waals surface area contributed by atoms with Gasteiger partial charge in [0.25, 0.3) is 0 Å². The normalized spacial score (nSPS) is 12.5. The first-order valence-corrected chi connectivity index (χ1v) is 5.43. The van der Waals surface area contributed by atoms with E-state index in [1.807, 2.05) is 38.4 Å². The highest BCUT2D eigenvalue weighted by atomic mass is 16.5. The van der Waals surface area contributed by atoms with Gasteiger partial charge in [-0.3, -0.25) is 4.68 Å². The minimum Gasteiger partial charge on any atom is -0.497 e. The van der Waals surface area contributed by atoms with Gasteiger partial charge in [0, 0.05) is 18.8 Å². The zero-order chi connectivity index (χ0) is 12.4. The van der Waals surface area contributed by atoms with Crippen LogP contribution < -0.4 is 4.74 Å². The van der Waals surface area contributed by atoms with Crippen molar-refractivity contribution in [2.45, 2.75) is 13.0 Å². The van der Waals surface area contributed by atoms with Gasteiger partial charge in [-0.25, -0.2) is 0 Å². The average molecular weight is 232 g/mol. The molecule has 1 unspecified atom stereocenters. The Morgan fingerprint density at radius 2 is 2.18 bits per heavy atom. The molecule has 2 aromatic rings. The number of aliphatic hydroxyl groups excluding tert-OH is 1. The van der Waals surface area contributed by atoms with E-state index in [2.05, 4.69) is 5.10 Å². The number of aliphatic hydroxyl groups is 1. The van der Waals surface area contributed by atoms with Crippen molar-refractivity contribution in [2.75, 3.05) is 7.11 Å². The Morgan fingerprint density at radius 3 is 2.71 bits per heavy atom. The van der Waals surface area contributed by atoms with E-state index >= 15 is 0 Å². The summed E-state index contributed by atoms with van der Waals surface area (Å²) in [7, 11) is 3.46. The van der Waals surface area contributed by atoms with Crippen molar-refractivity contribution in [3.05, 3.63) is 47.3 Å². The maximum Gasteiger partial charge on any atom is 0.119 e. The fourth-order valence-electron chi connectivity index (χ4n) is 1.84. The second kappa shape index (κ2) is 4.59.